The third-order valence-corrected chi connectivity index (χ3v) is 3.52. The van der Waals surface area contributed by atoms with Crippen LogP contribution in [-0.2, 0) is 9.47 Å². The molecule has 0 atom stereocenters. The predicted molar refractivity (Wildman–Crippen MR) is 93.6 cm³/mol. The van der Waals surface area contributed by atoms with Gasteiger partial charge in [0.05, 0.1) is 29.3 Å². The molecule has 3 rings (SSSR count). The number of ether oxygens (including phenoxy) is 2. The van der Waals surface area contributed by atoms with E-state index in [4.69, 9.17) is 9.47 Å². The van der Waals surface area contributed by atoms with Crippen molar-refractivity contribution in [3.8, 4) is 0 Å². The number of fused-ring (bicyclic) bond motifs is 2. The van der Waals surface area contributed by atoms with Crippen LogP contribution in [0, 0.1) is 0 Å². The maximum atomic E-state index is 12.5. The number of hydrogen-bond acceptors (Lipinski definition) is 6. The van der Waals surface area contributed by atoms with Gasteiger partial charge in [0.25, 0.3) is 0 Å². The van der Waals surface area contributed by atoms with Gasteiger partial charge in [-0.15, -0.1) is 0 Å². The quantitative estimate of drug-likeness (QED) is 0.525. The molecule has 6 heteroatoms. The minimum absolute atomic E-state index is 0.331. The van der Waals surface area contributed by atoms with Crippen molar-refractivity contribution in [3.63, 3.8) is 0 Å². The summed E-state index contributed by atoms with van der Waals surface area (Å²) in [6.07, 6.45) is 0. The summed E-state index contributed by atoms with van der Waals surface area (Å²) in [5.74, 6) is -0.946. The van der Waals surface area contributed by atoms with Crippen molar-refractivity contribution < 1.29 is 19.1 Å². The van der Waals surface area contributed by atoms with Gasteiger partial charge in [0.1, 0.15) is 16.6 Å². The fourth-order valence-corrected chi connectivity index (χ4v) is 2.49. The predicted octanol–water partition coefficient (Wildman–Crippen LogP) is 3.52. The lowest BCUT2D eigenvalue weighted by atomic mass is 10.1. The monoisotopic (exact) mass is 338 g/mol. The lowest BCUT2D eigenvalue weighted by Crippen LogP contribution is -2.24. The Labute approximate surface area is 144 Å². The molecule has 3 aromatic rings. The molecule has 0 saturated carbocycles. The first-order valence-corrected chi connectivity index (χ1v) is 7.81. The molecule has 1 heterocycles. The van der Waals surface area contributed by atoms with Crippen molar-refractivity contribution in [3.05, 3.63) is 47.5 Å². The van der Waals surface area contributed by atoms with E-state index in [-0.39, 0.29) is 0 Å². The summed E-state index contributed by atoms with van der Waals surface area (Å²) >= 11 is 0. The lowest BCUT2D eigenvalue weighted by molar-refractivity contribution is 0.00714. The molecule has 0 aliphatic carbocycles. The largest absolute Gasteiger partial charge is 0.465 e. The molecular formula is C19H18N2O4. The molecule has 0 unspecified atom stereocenters. The van der Waals surface area contributed by atoms with Gasteiger partial charge in [-0.05, 0) is 45.0 Å². The van der Waals surface area contributed by atoms with E-state index in [1.54, 1.807) is 57.2 Å². The molecule has 2 aromatic carbocycles. The van der Waals surface area contributed by atoms with E-state index in [1.807, 2.05) is 0 Å². The molecule has 0 fully saturated rings. The summed E-state index contributed by atoms with van der Waals surface area (Å²) < 4.78 is 10.2. The average Bonchev–Trinajstić information content (AvgIpc) is 2.56. The molecule has 1 aromatic heterocycles. The minimum atomic E-state index is -0.610. The van der Waals surface area contributed by atoms with Crippen molar-refractivity contribution in [1.29, 1.82) is 0 Å². The van der Waals surface area contributed by atoms with Crippen molar-refractivity contribution in [2.45, 2.75) is 26.4 Å². The molecule has 128 valence electrons. The van der Waals surface area contributed by atoms with Crippen LogP contribution >= 0.6 is 0 Å². The number of hydrogen-bond donors (Lipinski definition) is 0. The smallest absolute Gasteiger partial charge is 0.340 e. The van der Waals surface area contributed by atoms with Gasteiger partial charge in [0.15, 0.2) is 0 Å². The van der Waals surface area contributed by atoms with Gasteiger partial charge in [-0.2, -0.15) is 0 Å². The van der Waals surface area contributed by atoms with Crippen LogP contribution in [0.3, 0.4) is 0 Å². The van der Waals surface area contributed by atoms with Gasteiger partial charge in [0, 0.05) is 0 Å². The van der Waals surface area contributed by atoms with Crippen LogP contribution in [0.25, 0.3) is 22.1 Å². The summed E-state index contributed by atoms with van der Waals surface area (Å²) in [7, 11) is 1.32. The normalized spacial score (nSPS) is 11.5. The maximum absolute atomic E-state index is 12.5. The molecule has 0 amide bonds. The maximum Gasteiger partial charge on any atom is 0.340 e. The fourth-order valence-electron chi connectivity index (χ4n) is 2.49. The number of carbonyl (C=O) groups excluding carboxylic acids is 2. The van der Waals surface area contributed by atoms with E-state index in [9.17, 15) is 9.59 Å². The van der Waals surface area contributed by atoms with Crippen LogP contribution in [0.5, 0.6) is 0 Å². The molecule has 0 N–H and O–H groups in total. The molecule has 0 bridgehead atoms. The van der Waals surface area contributed by atoms with Crippen molar-refractivity contribution >= 4 is 34.0 Å². The summed E-state index contributed by atoms with van der Waals surface area (Å²) in [5.41, 5.74) is 1.94. The Balaban J connectivity index is 2.22. The molecular weight excluding hydrogens is 320 g/mol. The van der Waals surface area contributed by atoms with Crippen molar-refractivity contribution in [1.82, 2.24) is 9.97 Å². The molecule has 0 saturated heterocycles. The average molecular weight is 338 g/mol. The van der Waals surface area contributed by atoms with E-state index in [0.717, 1.165) is 0 Å². The number of nitrogens with zero attached hydrogens (tertiary/aromatic N) is 2. The fraction of sp³-hybridized carbons (Fsp3) is 0.263. The Morgan fingerprint density at radius 1 is 0.840 bits per heavy atom. The first kappa shape index (κ1) is 16.8. The number of esters is 2. The third-order valence-electron chi connectivity index (χ3n) is 3.52. The summed E-state index contributed by atoms with van der Waals surface area (Å²) in [6, 6.07) is 10.2. The molecule has 0 aliphatic heterocycles. The van der Waals surface area contributed by atoms with Crippen molar-refractivity contribution in [2.75, 3.05) is 7.11 Å². The highest BCUT2D eigenvalue weighted by molar-refractivity contribution is 6.07. The number of para-hydroxylation sites is 2. The highest BCUT2D eigenvalue weighted by Gasteiger charge is 2.21. The van der Waals surface area contributed by atoms with E-state index in [2.05, 4.69) is 9.97 Å². The molecule has 0 spiro atoms. The third kappa shape index (κ3) is 3.28. The summed E-state index contributed by atoms with van der Waals surface area (Å²) in [4.78, 5) is 33.4. The Morgan fingerprint density at radius 2 is 1.32 bits per heavy atom. The van der Waals surface area contributed by atoms with Gasteiger partial charge in [-0.3, -0.25) is 0 Å². The number of rotatable bonds is 2. The van der Waals surface area contributed by atoms with E-state index >= 15 is 0 Å². The van der Waals surface area contributed by atoms with Crippen molar-refractivity contribution in [2.24, 2.45) is 0 Å². The topological polar surface area (TPSA) is 78.4 Å². The summed E-state index contributed by atoms with van der Waals surface area (Å²) in [6.45, 7) is 5.42. The summed E-state index contributed by atoms with van der Waals surface area (Å²) in [5, 5.41) is 0. The number of carbonyl (C=O) groups is 2. The lowest BCUT2D eigenvalue weighted by Gasteiger charge is -2.19. The Hall–Kier alpha value is -3.02. The zero-order chi connectivity index (χ0) is 18.2. The number of aromatic nitrogens is 2. The SMILES string of the molecule is COC(=O)c1cccc2nc3c(C(=O)OC(C)(C)C)cccc3nc12. The van der Waals surface area contributed by atoms with Crippen LogP contribution in [0.1, 0.15) is 41.5 Å². The van der Waals surface area contributed by atoms with Gasteiger partial charge < -0.3 is 9.47 Å². The second-order valence-corrected chi connectivity index (χ2v) is 6.56. The molecule has 6 nitrogen and oxygen atoms in total. The van der Waals surface area contributed by atoms with E-state index in [0.29, 0.717) is 33.2 Å². The zero-order valence-electron chi connectivity index (χ0n) is 14.5. The second-order valence-electron chi connectivity index (χ2n) is 6.56. The van der Waals surface area contributed by atoms with Gasteiger partial charge in [0.2, 0.25) is 0 Å². The van der Waals surface area contributed by atoms with Crippen LogP contribution in [0.2, 0.25) is 0 Å². The van der Waals surface area contributed by atoms with Crippen LogP contribution < -0.4 is 0 Å². The van der Waals surface area contributed by atoms with Crippen LogP contribution in [-0.4, -0.2) is 34.6 Å². The highest BCUT2D eigenvalue weighted by atomic mass is 16.6. The van der Waals surface area contributed by atoms with E-state index in [1.165, 1.54) is 7.11 Å². The first-order chi connectivity index (χ1) is 11.8. The molecule has 25 heavy (non-hydrogen) atoms. The first-order valence-electron chi connectivity index (χ1n) is 7.81. The number of methoxy groups -OCH3 is 1. The second kappa shape index (κ2) is 6.12. The Morgan fingerprint density at radius 3 is 1.76 bits per heavy atom. The highest BCUT2D eigenvalue weighted by Crippen LogP contribution is 2.24. The molecule has 0 radical (unpaired) electrons. The van der Waals surface area contributed by atoms with Gasteiger partial charge >= 0.3 is 11.9 Å². The Bertz CT molecular complexity index is 990. The van der Waals surface area contributed by atoms with E-state index < -0.39 is 17.5 Å². The standard InChI is InChI=1S/C19H18N2O4/c1-19(2,3)25-18(23)12-8-6-10-14-16(12)21-13-9-5-7-11(15(13)20-14)17(22)24-4/h5-10H,1-4H3. The minimum Gasteiger partial charge on any atom is -0.465 e. The van der Waals surface area contributed by atoms with Gasteiger partial charge in [-0.25, -0.2) is 19.6 Å². The zero-order valence-corrected chi connectivity index (χ0v) is 14.5. The van der Waals surface area contributed by atoms with Crippen LogP contribution in [0.15, 0.2) is 36.4 Å². The van der Waals surface area contributed by atoms with Gasteiger partial charge in [-0.1, -0.05) is 12.1 Å². The molecule has 0 aliphatic rings. The number of benzene rings is 2. The van der Waals surface area contributed by atoms with Crippen LogP contribution in [0.4, 0.5) is 0 Å². The Kier molecular flexibility index (Phi) is 4.12.